The van der Waals surface area contributed by atoms with Gasteiger partial charge in [-0.1, -0.05) is 20.8 Å². The largest absolute Gasteiger partial charge is 0.449 e. The Morgan fingerprint density at radius 2 is 1.52 bits per heavy atom. The van der Waals surface area contributed by atoms with Crippen LogP contribution in [0.1, 0.15) is 20.8 Å². The highest BCUT2D eigenvalue weighted by Gasteiger charge is 2.26. The number of halogens is 2. The van der Waals surface area contributed by atoms with E-state index in [1.165, 1.54) is 0 Å². The van der Waals surface area contributed by atoms with Crippen LogP contribution in [0.3, 0.4) is 0 Å². The number of amides is 2. The van der Waals surface area contributed by atoms with Crippen molar-refractivity contribution in [1.82, 2.24) is 10.6 Å². The van der Waals surface area contributed by atoms with Gasteiger partial charge < -0.3 is 20.1 Å². The molecule has 0 rings (SSSR count). The normalized spacial score (nSPS) is 13.4. The van der Waals surface area contributed by atoms with Gasteiger partial charge in [0.25, 0.3) is 0 Å². The maximum atomic E-state index is 11.6. The molecule has 124 valence electrons. The van der Waals surface area contributed by atoms with Crippen LogP contribution < -0.4 is 10.6 Å². The monoisotopic (exact) mass is 342 g/mol. The molecule has 0 aliphatic carbocycles. The van der Waals surface area contributed by atoms with E-state index in [0.29, 0.717) is 24.8 Å². The smallest absolute Gasteiger partial charge is 0.407 e. The number of hydrogen-bond donors (Lipinski definition) is 2. The average molecular weight is 343 g/mol. The molecule has 8 heteroatoms. The number of rotatable bonds is 9. The summed E-state index contributed by atoms with van der Waals surface area (Å²) in [6.45, 7) is 6.57. The van der Waals surface area contributed by atoms with Gasteiger partial charge in [0.2, 0.25) is 0 Å². The van der Waals surface area contributed by atoms with Crippen LogP contribution in [0.5, 0.6) is 0 Å². The van der Waals surface area contributed by atoms with E-state index in [2.05, 4.69) is 10.6 Å². The summed E-state index contributed by atoms with van der Waals surface area (Å²) in [5.74, 6) is 0.606. The van der Waals surface area contributed by atoms with Crippen LogP contribution in [-0.2, 0) is 9.47 Å². The van der Waals surface area contributed by atoms with Gasteiger partial charge in [-0.2, -0.15) is 0 Å². The second kappa shape index (κ2) is 11.7. The lowest BCUT2D eigenvalue weighted by Crippen LogP contribution is -2.38. The molecule has 0 aliphatic rings. The highest BCUT2D eigenvalue weighted by Crippen LogP contribution is 2.17. The first-order chi connectivity index (χ1) is 9.92. The topological polar surface area (TPSA) is 76.7 Å². The lowest BCUT2D eigenvalue weighted by Gasteiger charge is -2.27. The summed E-state index contributed by atoms with van der Waals surface area (Å²) in [5, 5.41) is 5.03. The first kappa shape index (κ1) is 20.1. The molecule has 0 aliphatic heterocycles. The van der Waals surface area contributed by atoms with Crippen molar-refractivity contribution in [3.8, 4) is 0 Å². The molecule has 0 saturated heterocycles. The van der Waals surface area contributed by atoms with Crippen molar-refractivity contribution < 1.29 is 19.1 Å². The van der Waals surface area contributed by atoms with Crippen LogP contribution in [0.2, 0.25) is 0 Å². The molecule has 0 fully saturated rings. The third-order valence-corrected chi connectivity index (χ3v) is 3.04. The van der Waals surface area contributed by atoms with Gasteiger partial charge in [0.05, 0.1) is 6.61 Å². The van der Waals surface area contributed by atoms with Crippen molar-refractivity contribution >= 4 is 35.4 Å². The number of carbonyl (C=O) groups is 2. The second-order valence-electron chi connectivity index (χ2n) is 4.92. The molecule has 0 aromatic rings. The van der Waals surface area contributed by atoms with Crippen LogP contribution in [0, 0.1) is 11.8 Å². The number of carbonyl (C=O) groups excluding carboxylic acids is 2. The molecule has 2 unspecified atom stereocenters. The van der Waals surface area contributed by atoms with Gasteiger partial charge in [0, 0.05) is 30.8 Å². The maximum absolute atomic E-state index is 11.6. The Morgan fingerprint density at radius 1 is 1.00 bits per heavy atom. The van der Waals surface area contributed by atoms with Gasteiger partial charge in [-0.05, 0) is 5.92 Å². The van der Waals surface area contributed by atoms with E-state index in [0.717, 1.165) is 0 Å². The Kier molecular flexibility index (Phi) is 11.3. The zero-order valence-corrected chi connectivity index (χ0v) is 14.2. The zero-order valence-electron chi connectivity index (χ0n) is 12.7. The van der Waals surface area contributed by atoms with Gasteiger partial charge in [0.1, 0.15) is 6.10 Å². The van der Waals surface area contributed by atoms with E-state index in [1.807, 2.05) is 20.8 Å². The second-order valence-corrected chi connectivity index (χ2v) is 5.68. The van der Waals surface area contributed by atoms with Gasteiger partial charge in [-0.25, -0.2) is 9.59 Å². The van der Waals surface area contributed by atoms with Crippen LogP contribution in [0.15, 0.2) is 0 Å². The fourth-order valence-corrected chi connectivity index (χ4v) is 1.92. The summed E-state index contributed by atoms with van der Waals surface area (Å²) < 4.78 is 10.4. The summed E-state index contributed by atoms with van der Waals surface area (Å²) in [5.41, 5.74) is 0. The number of alkyl halides is 2. The molecule has 0 radical (unpaired) electrons. The van der Waals surface area contributed by atoms with Crippen LogP contribution >= 0.6 is 23.2 Å². The highest BCUT2D eigenvalue weighted by atomic mass is 35.5. The predicted octanol–water partition coefficient (Wildman–Crippen LogP) is 2.58. The number of nitrogens with one attached hydrogen (secondary N) is 2. The van der Waals surface area contributed by atoms with E-state index < -0.39 is 12.2 Å². The third kappa shape index (κ3) is 9.63. The van der Waals surface area contributed by atoms with Crippen molar-refractivity contribution in [3.63, 3.8) is 0 Å². The van der Waals surface area contributed by atoms with E-state index in [9.17, 15) is 9.59 Å². The first-order valence-electron chi connectivity index (χ1n) is 6.89. The van der Waals surface area contributed by atoms with E-state index in [1.54, 1.807) is 0 Å². The fourth-order valence-electron chi connectivity index (χ4n) is 1.73. The Balaban J connectivity index is 4.26. The van der Waals surface area contributed by atoms with Crippen molar-refractivity contribution in [2.75, 3.05) is 31.5 Å². The molecule has 21 heavy (non-hydrogen) atoms. The summed E-state index contributed by atoms with van der Waals surface area (Å²) in [6.07, 6.45) is -1.41. The molecule has 0 spiro atoms. The number of ether oxygens (including phenoxy) is 2. The predicted molar refractivity (Wildman–Crippen MR) is 83.1 cm³/mol. The molecule has 0 aromatic heterocycles. The number of hydrogen-bond acceptors (Lipinski definition) is 4. The maximum Gasteiger partial charge on any atom is 0.407 e. The summed E-state index contributed by atoms with van der Waals surface area (Å²) in [4.78, 5) is 22.9. The van der Waals surface area contributed by atoms with Crippen molar-refractivity contribution in [2.24, 2.45) is 11.8 Å². The van der Waals surface area contributed by atoms with Gasteiger partial charge in [0.15, 0.2) is 0 Å². The first-order valence-corrected chi connectivity index (χ1v) is 7.96. The zero-order chi connectivity index (χ0) is 16.3. The fraction of sp³-hybridized carbons (Fsp3) is 0.846. The molecule has 0 heterocycles. The molecule has 6 nitrogen and oxygen atoms in total. The SMILES string of the molecule is CC(C)C(OC(=O)NCCCl)C(C)COC(=O)NCCCl. The Bertz CT molecular complexity index is 317. The van der Waals surface area contributed by atoms with E-state index in [4.69, 9.17) is 32.7 Å². The minimum absolute atomic E-state index is 0.0938. The molecule has 2 amide bonds. The van der Waals surface area contributed by atoms with E-state index >= 15 is 0 Å². The third-order valence-electron chi connectivity index (χ3n) is 2.67. The lowest BCUT2D eigenvalue weighted by molar-refractivity contribution is 0.0140. The molecule has 2 atom stereocenters. The number of alkyl carbamates (subject to hydrolysis) is 2. The minimum atomic E-state index is -0.531. The summed E-state index contributed by atoms with van der Waals surface area (Å²) >= 11 is 10.9. The Morgan fingerprint density at radius 3 is 2.00 bits per heavy atom. The molecular formula is C13H24Cl2N2O4. The average Bonchev–Trinajstić information content (AvgIpc) is 2.45. The van der Waals surface area contributed by atoms with Crippen molar-refractivity contribution in [2.45, 2.75) is 26.9 Å². The van der Waals surface area contributed by atoms with Crippen molar-refractivity contribution in [3.05, 3.63) is 0 Å². The van der Waals surface area contributed by atoms with Gasteiger partial charge in [-0.3, -0.25) is 0 Å². The summed E-state index contributed by atoms with van der Waals surface area (Å²) in [7, 11) is 0. The summed E-state index contributed by atoms with van der Waals surface area (Å²) in [6, 6.07) is 0. The molecular weight excluding hydrogens is 319 g/mol. The minimum Gasteiger partial charge on any atom is -0.449 e. The Labute approximate surface area is 135 Å². The van der Waals surface area contributed by atoms with E-state index in [-0.39, 0.29) is 24.5 Å². The quantitative estimate of drug-likeness (QED) is 0.631. The van der Waals surface area contributed by atoms with Crippen LogP contribution in [0.25, 0.3) is 0 Å². The Hall–Kier alpha value is -0.880. The molecule has 0 bridgehead atoms. The molecule has 0 saturated carbocycles. The van der Waals surface area contributed by atoms with Gasteiger partial charge >= 0.3 is 12.2 Å². The van der Waals surface area contributed by atoms with Gasteiger partial charge in [-0.15, -0.1) is 23.2 Å². The standard InChI is InChI=1S/C13H24Cl2N2O4/c1-9(2)11(21-13(19)17-7-5-15)10(3)8-20-12(18)16-6-4-14/h9-11H,4-8H2,1-3H3,(H,16,18)(H,17,19). The molecule has 0 aromatic carbocycles. The molecule has 2 N–H and O–H groups in total. The van der Waals surface area contributed by atoms with Crippen LogP contribution in [0.4, 0.5) is 9.59 Å². The highest BCUT2D eigenvalue weighted by molar-refractivity contribution is 6.18. The van der Waals surface area contributed by atoms with Crippen molar-refractivity contribution in [1.29, 1.82) is 0 Å². The lowest BCUT2D eigenvalue weighted by atomic mass is 9.95. The van der Waals surface area contributed by atoms with Crippen LogP contribution in [-0.4, -0.2) is 49.7 Å².